The Morgan fingerprint density at radius 1 is 1.00 bits per heavy atom. The van der Waals surface area contributed by atoms with Gasteiger partial charge < -0.3 is 25.4 Å². The fraction of sp³-hybridized carbons (Fsp3) is 0.400. The van der Waals surface area contributed by atoms with Crippen LogP contribution in [0.25, 0.3) is 11.1 Å². The lowest BCUT2D eigenvalue weighted by Crippen LogP contribution is -2.52. The van der Waals surface area contributed by atoms with Crippen molar-refractivity contribution in [2.45, 2.75) is 37.3 Å². The molecule has 3 N–H and O–H groups in total. The molecule has 3 rings (SSSR count). The zero-order chi connectivity index (χ0) is 25.5. The number of carboxylic acid groups (broad SMARTS) is 1. The second kappa shape index (κ2) is 11.7. The normalized spacial score (nSPS) is 14.2. The third kappa shape index (κ3) is 6.75. The van der Waals surface area contributed by atoms with Crippen molar-refractivity contribution >= 4 is 18.0 Å². The van der Waals surface area contributed by atoms with E-state index in [1.54, 1.807) is 19.0 Å². The first-order valence-corrected chi connectivity index (χ1v) is 11.2. The van der Waals surface area contributed by atoms with Crippen LogP contribution in [0.1, 0.15) is 29.9 Å². The number of benzene rings is 2. The number of alkyl carbamates (subject to hydrolysis) is 1. The zero-order valence-corrected chi connectivity index (χ0v) is 19.5. The minimum absolute atomic E-state index is 0.0283. The number of carbonyl (C=O) groups excluding carboxylic acids is 2. The Morgan fingerprint density at radius 2 is 1.57 bits per heavy atom. The number of rotatable bonds is 11. The lowest BCUT2D eigenvalue weighted by Gasteiger charge is -2.23. The maximum Gasteiger partial charge on any atom is 0.407 e. The number of amides is 2. The van der Waals surface area contributed by atoms with Crippen molar-refractivity contribution in [3.05, 3.63) is 59.7 Å². The van der Waals surface area contributed by atoms with Gasteiger partial charge in [0.15, 0.2) is 0 Å². The Bertz CT molecular complexity index is 1020. The van der Waals surface area contributed by atoms with Crippen molar-refractivity contribution in [3.63, 3.8) is 0 Å². The molecule has 2 aromatic rings. The summed E-state index contributed by atoms with van der Waals surface area (Å²) >= 11 is 0. The lowest BCUT2D eigenvalue weighted by molar-refractivity contribution is -0.139. The third-order valence-electron chi connectivity index (χ3n) is 5.84. The first-order chi connectivity index (χ1) is 16.7. The summed E-state index contributed by atoms with van der Waals surface area (Å²) in [5, 5.41) is 13.3. The summed E-state index contributed by atoms with van der Waals surface area (Å²) in [6.45, 7) is 0.403. The summed E-state index contributed by atoms with van der Waals surface area (Å²) in [4.78, 5) is 37.9. The molecule has 0 aromatic heterocycles. The highest BCUT2D eigenvalue weighted by Crippen LogP contribution is 2.44. The standard InChI is InChI=1S/C25H29F2N3O5/c1-30(2)12-11-20(24(33)28-21(23(26)27)13-22(31)32)29-25(34)35-14-19-17-9-5-3-7-15(17)16-8-4-6-10-18(16)19/h3-10,19-21,23H,11-14H2,1-2H3,(H,28,33)(H,29,34)(H,31,32). The molecule has 0 saturated carbocycles. The highest BCUT2D eigenvalue weighted by atomic mass is 19.3. The molecule has 2 unspecified atom stereocenters. The summed E-state index contributed by atoms with van der Waals surface area (Å²) in [5.41, 5.74) is 4.18. The molecule has 10 heteroatoms. The maximum atomic E-state index is 13.2. The number of halogens is 2. The second-order valence-electron chi connectivity index (χ2n) is 8.66. The number of alkyl halides is 2. The van der Waals surface area contributed by atoms with Gasteiger partial charge >= 0.3 is 12.1 Å². The van der Waals surface area contributed by atoms with Crippen LogP contribution in [-0.4, -0.2) is 73.7 Å². The number of hydrogen-bond acceptors (Lipinski definition) is 5. The average molecular weight is 490 g/mol. The van der Waals surface area contributed by atoms with Crippen LogP contribution in [0, 0.1) is 0 Å². The molecular weight excluding hydrogens is 460 g/mol. The van der Waals surface area contributed by atoms with Gasteiger partial charge in [0.25, 0.3) is 6.43 Å². The van der Waals surface area contributed by atoms with Crippen molar-refractivity contribution in [2.24, 2.45) is 0 Å². The summed E-state index contributed by atoms with van der Waals surface area (Å²) in [6.07, 6.45) is -4.75. The first-order valence-electron chi connectivity index (χ1n) is 11.2. The Labute approximate surface area is 202 Å². The van der Waals surface area contributed by atoms with Crippen molar-refractivity contribution in [1.82, 2.24) is 15.5 Å². The topological polar surface area (TPSA) is 108 Å². The molecule has 2 amide bonds. The van der Waals surface area contributed by atoms with E-state index < -0.39 is 42.9 Å². The van der Waals surface area contributed by atoms with Gasteiger partial charge in [0.2, 0.25) is 5.91 Å². The molecule has 1 aliphatic rings. The summed E-state index contributed by atoms with van der Waals surface area (Å²) < 4.78 is 31.9. The second-order valence-corrected chi connectivity index (χ2v) is 8.66. The van der Waals surface area contributed by atoms with E-state index in [4.69, 9.17) is 9.84 Å². The quantitative estimate of drug-likeness (QED) is 0.448. The predicted octanol–water partition coefficient (Wildman–Crippen LogP) is 3.07. The van der Waals surface area contributed by atoms with Gasteiger partial charge in [-0.15, -0.1) is 0 Å². The van der Waals surface area contributed by atoms with Gasteiger partial charge in [-0.1, -0.05) is 48.5 Å². The number of hydrogen-bond donors (Lipinski definition) is 3. The van der Waals surface area contributed by atoms with Crippen LogP contribution >= 0.6 is 0 Å². The molecule has 0 spiro atoms. The molecule has 0 aliphatic heterocycles. The Hall–Kier alpha value is -3.53. The fourth-order valence-electron chi connectivity index (χ4n) is 4.11. The lowest BCUT2D eigenvalue weighted by atomic mass is 9.98. The van der Waals surface area contributed by atoms with Crippen molar-refractivity contribution < 1.29 is 33.0 Å². The van der Waals surface area contributed by atoms with Crippen LogP contribution in [0.3, 0.4) is 0 Å². The van der Waals surface area contributed by atoms with Crippen LogP contribution in [0.5, 0.6) is 0 Å². The molecule has 2 aromatic carbocycles. The van der Waals surface area contributed by atoms with E-state index in [2.05, 4.69) is 5.32 Å². The number of nitrogens with zero attached hydrogens (tertiary/aromatic N) is 1. The van der Waals surface area contributed by atoms with Crippen molar-refractivity contribution in [1.29, 1.82) is 0 Å². The summed E-state index contributed by atoms with van der Waals surface area (Å²) in [7, 11) is 3.52. The molecule has 0 saturated heterocycles. The molecule has 8 nitrogen and oxygen atoms in total. The Morgan fingerprint density at radius 3 is 2.09 bits per heavy atom. The van der Waals surface area contributed by atoms with E-state index in [0.717, 1.165) is 22.3 Å². The number of carboxylic acids is 1. The average Bonchev–Trinajstić information content (AvgIpc) is 3.13. The van der Waals surface area contributed by atoms with Crippen LogP contribution in [0.4, 0.5) is 13.6 Å². The predicted molar refractivity (Wildman–Crippen MR) is 125 cm³/mol. The van der Waals surface area contributed by atoms with E-state index in [9.17, 15) is 23.2 Å². The van der Waals surface area contributed by atoms with Gasteiger partial charge in [0.1, 0.15) is 18.7 Å². The van der Waals surface area contributed by atoms with Gasteiger partial charge in [-0.3, -0.25) is 9.59 Å². The molecule has 0 fully saturated rings. The fourth-order valence-corrected chi connectivity index (χ4v) is 4.11. The molecule has 0 bridgehead atoms. The monoisotopic (exact) mass is 489 g/mol. The highest BCUT2D eigenvalue weighted by Gasteiger charge is 2.31. The van der Waals surface area contributed by atoms with Crippen LogP contribution in [0.15, 0.2) is 48.5 Å². The van der Waals surface area contributed by atoms with Crippen LogP contribution in [-0.2, 0) is 14.3 Å². The van der Waals surface area contributed by atoms with Gasteiger partial charge in [-0.2, -0.15) is 0 Å². The van der Waals surface area contributed by atoms with Crippen LogP contribution in [0.2, 0.25) is 0 Å². The maximum absolute atomic E-state index is 13.2. The molecule has 188 valence electrons. The minimum atomic E-state index is -3.07. The molecule has 1 aliphatic carbocycles. The van der Waals surface area contributed by atoms with Crippen molar-refractivity contribution in [3.8, 4) is 11.1 Å². The Kier molecular flexibility index (Phi) is 8.75. The summed E-state index contributed by atoms with van der Waals surface area (Å²) in [6, 6.07) is 12.6. The number of carbonyl (C=O) groups is 3. The van der Waals surface area contributed by atoms with E-state index in [1.165, 1.54) is 0 Å². The minimum Gasteiger partial charge on any atom is -0.481 e. The van der Waals surface area contributed by atoms with Gasteiger partial charge in [-0.05, 0) is 49.3 Å². The number of fused-ring (bicyclic) bond motifs is 3. The van der Waals surface area contributed by atoms with Gasteiger partial charge in [0.05, 0.1) is 6.42 Å². The van der Waals surface area contributed by atoms with Crippen molar-refractivity contribution in [2.75, 3.05) is 27.2 Å². The zero-order valence-electron chi connectivity index (χ0n) is 19.5. The van der Waals surface area contributed by atoms with E-state index in [-0.39, 0.29) is 18.9 Å². The van der Waals surface area contributed by atoms with E-state index in [0.29, 0.717) is 6.54 Å². The SMILES string of the molecule is CN(C)CCC(NC(=O)OCC1c2ccccc2-c2ccccc21)C(=O)NC(CC(=O)O)C(F)F. The molecular formula is C25H29F2N3O5. The number of aliphatic carboxylic acids is 1. The largest absolute Gasteiger partial charge is 0.481 e. The van der Waals surface area contributed by atoms with E-state index >= 15 is 0 Å². The van der Waals surface area contributed by atoms with Gasteiger partial charge in [-0.25, -0.2) is 13.6 Å². The Balaban J connectivity index is 1.67. The molecule has 2 atom stereocenters. The van der Waals surface area contributed by atoms with Gasteiger partial charge in [0, 0.05) is 5.92 Å². The highest BCUT2D eigenvalue weighted by molar-refractivity contribution is 5.86. The summed E-state index contributed by atoms with van der Waals surface area (Å²) in [5.74, 6) is -2.54. The van der Waals surface area contributed by atoms with Crippen LogP contribution < -0.4 is 10.6 Å². The molecule has 0 radical (unpaired) electrons. The first kappa shape index (κ1) is 26.1. The number of ether oxygens (including phenoxy) is 1. The molecule has 0 heterocycles. The third-order valence-corrected chi connectivity index (χ3v) is 5.84. The molecule has 35 heavy (non-hydrogen) atoms. The number of nitrogens with one attached hydrogen (secondary N) is 2. The smallest absolute Gasteiger partial charge is 0.407 e. The van der Waals surface area contributed by atoms with E-state index in [1.807, 2.05) is 53.8 Å².